The number of nitrogens with one attached hydrogen (secondary N) is 2. The van der Waals surface area contributed by atoms with E-state index >= 15 is 0 Å². The molecule has 0 saturated carbocycles. The second kappa shape index (κ2) is 14.2. The minimum atomic E-state index is -3.39. The lowest BCUT2D eigenvalue weighted by atomic mass is 10.2. The third-order valence-corrected chi connectivity index (χ3v) is 6.94. The lowest BCUT2D eigenvalue weighted by molar-refractivity contribution is 0.282. The summed E-state index contributed by atoms with van der Waals surface area (Å²) in [7, 11) is -0.318. The van der Waals surface area contributed by atoms with Gasteiger partial charge in [-0.3, -0.25) is 0 Å². The summed E-state index contributed by atoms with van der Waals surface area (Å²) < 4.78 is 25.5. The van der Waals surface area contributed by atoms with Crippen molar-refractivity contribution >= 4 is 40.0 Å². The number of benzene rings is 1. The minimum absolute atomic E-state index is 0. The molecule has 0 aliphatic carbocycles. The van der Waals surface area contributed by atoms with Crippen LogP contribution in [0.5, 0.6) is 0 Å². The van der Waals surface area contributed by atoms with E-state index in [1.54, 1.807) is 12.1 Å². The van der Waals surface area contributed by atoms with Crippen LogP contribution in [0.1, 0.15) is 44.6 Å². The Hall–Kier alpha value is -0.910. The van der Waals surface area contributed by atoms with Crippen LogP contribution >= 0.6 is 24.0 Å². The molecule has 0 amide bonds. The third-order valence-electron chi connectivity index (χ3n) is 5.11. The second-order valence-electron chi connectivity index (χ2n) is 7.66. The van der Waals surface area contributed by atoms with Crippen molar-refractivity contribution in [3.63, 3.8) is 0 Å². The maximum absolute atomic E-state index is 12.1. The first-order valence-electron chi connectivity index (χ1n) is 10.7. The number of nitrogens with zero attached hydrogens (tertiary/aromatic N) is 3. The summed E-state index contributed by atoms with van der Waals surface area (Å²) in [5.41, 5.74) is 0.976. The molecule has 7 nitrogen and oxygen atoms in total. The normalized spacial score (nSPS) is 16.1. The molecule has 0 spiro atoms. The first-order valence-corrected chi connectivity index (χ1v) is 12.1. The molecule has 1 aromatic carbocycles. The van der Waals surface area contributed by atoms with E-state index in [0.29, 0.717) is 11.4 Å². The molecule has 0 aromatic heterocycles. The van der Waals surface area contributed by atoms with Crippen molar-refractivity contribution in [1.29, 1.82) is 0 Å². The zero-order chi connectivity index (χ0) is 21.1. The largest absolute Gasteiger partial charge is 0.357 e. The van der Waals surface area contributed by atoms with Crippen molar-refractivity contribution in [2.75, 3.05) is 46.8 Å². The van der Waals surface area contributed by atoms with E-state index in [-0.39, 0.29) is 24.0 Å². The molecule has 0 atom stereocenters. The van der Waals surface area contributed by atoms with Gasteiger partial charge in [0, 0.05) is 27.2 Å². The molecule has 0 unspecified atom stereocenters. The van der Waals surface area contributed by atoms with Crippen molar-refractivity contribution in [3.8, 4) is 0 Å². The van der Waals surface area contributed by atoms with Gasteiger partial charge in [-0.25, -0.2) is 17.7 Å². The SMILES string of the molecule is CCNC(=NCc1ccc(S(=O)(=O)N(C)C)cc1)NCCCN1CCCCCC1.I. The number of sulfonamides is 1. The van der Waals surface area contributed by atoms with Crippen molar-refractivity contribution in [2.45, 2.75) is 50.5 Å². The van der Waals surface area contributed by atoms with E-state index in [2.05, 4.69) is 27.4 Å². The topological polar surface area (TPSA) is 77.0 Å². The van der Waals surface area contributed by atoms with E-state index < -0.39 is 10.0 Å². The Kier molecular flexibility index (Phi) is 12.8. The highest BCUT2D eigenvalue weighted by Gasteiger charge is 2.16. The Morgan fingerprint density at radius 2 is 1.70 bits per heavy atom. The summed E-state index contributed by atoms with van der Waals surface area (Å²) in [5, 5.41) is 6.68. The summed E-state index contributed by atoms with van der Waals surface area (Å²) in [4.78, 5) is 7.50. The second-order valence-corrected chi connectivity index (χ2v) is 9.81. The first-order chi connectivity index (χ1) is 13.9. The highest BCUT2D eigenvalue weighted by Crippen LogP contribution is 2.14. The molecule has 9 heteroatoms. The molecule has 1 heterocycles. The number of hydrogen-bond donors (Lipinski definition) is 2. The fourth-order valence-corrected chi connectivity index (χ4v) is 4.26. The standard InChI is InChI=1S/C21H37N5O2S.HI/c1-4-22-21(23-14-9-17-26-15-7-5-6-8-16-26)24-18-19-10-12-20(13-11-19)29(27,28)25(2)3;/h10-13H,4-9,14-18H2,1-3H3,(H2,22,23,24);1H. The number of halogens is 1. The van der Waals surface area contributed by atoms with Gasteiger partial charge in [0.1, 0.15) is 0 Å². The summed E-state index contributed by atoms with van der Waals surface area (Å²) >= 11 is 0. The highest BCUT2D eigenvalue weighted by molar-refractivity contribution is 14.0. The minimum Gasteiger partial charge on any atom is -0.357 e. The molecule has 2 N–H and O–H groups in total. The maximum atomic E-state index is 12.1. The van der Waals surface area contributed by atoms with Gasteiger partial charge in [0.15, 0.2) is 5.96 Å². The van der Waals surface area contributed by atoms with Gasteiger partial charge in [-0.05, 0) is 63.5 Å². The summed E-state index contributed by atoms with van der Waals surface area (Å²) in [6.45, 7) is 7.84. The van der Waals surface area contributed by atoms with Crippen molar-refractivity contribution in [2.24, 2.45) is 4.99 Å². The molecule has 1 saturated heterocycles. The average molecular weight is 552 g/mol. The quantitative estimate of drug-likeness (QED) is 0.214. The highest BCUT2D eigenvalue weighted by atomic mass is 127. The van der Waals surface area contributed by atoms with Crippen LogP contribution < -0.4 is 10.6 Å². The summed E-state index contributed by atoms with van der Waals surface area (Å²) in [5.74, 6) is 0.799. The van der Waals surface area contributed by atoms with Crippen LogP contribution in [-0.4, -0.2) is 70.4 Å². The van der Waals surface area contributed by atoms with Gasteiger partial charge in [-0.2, -0.15) is 0 Å². The predicted octanol–water partition coefficient (Wildman–Crippen LogP) is 2.88. The maximum Gasteiger partial charge on any atom is 0.242 e. The van der Waals surface area contributed by atoms with Gasteiger partial charge in [0.05, 0.1) is 11.4 Å². The van der Waals surface area contributed by atoms with Crippen molar-refractivity contribution in [3.05, 3.63) is 29.8 Å². The Morgan fingerprint density at radius 1 is 1.07 bits per heavy atom. The Balaban J connectivity index is 0.00000450. The monoisotopic (exact) mass is 551 g/mol. The van der Waals surface area contributed by atoms with E-state index in [0.717, 1.165) is 37.6 Å². The zero-order valence-corrected chi connectivity index (χ0v) is 21.7. The van der Waals surface area contributed by atoms with Crippen LogP contribution in [-0.2, 0) is 16.6 Å². The van der Waals surface area contributed by atoms with Gasteiger partial charge in [0.2, 0.25) is 10.0 Å². The van der Waals surface area contributed by atoms with E-state index in [4.69, 9.17) is 0 Å². The van der Waals surface area contributed by atoms with E-state index in [9.17, 15) is 8.42 Å². The van der Waals surface area contributed by atoms with Crippen LogP contribution in [0, 0.1) is 0 Å². The van der Waals surface area contributed by atoms with Crippen LogP contribution in [0.4, 0.5) is 0 Å². The van der Waals surface area contributed by atoms with Gasteiger partial charge >= 0.3 is 0 Å². The molecule has 1 aliphatic rings. The number of aliphatic imine (C=N–C) groups is 1. The van der Waals surface area contributed by atoms with Crippen LogP contribution in [0.25, 0.3) is 0 Å². The Labute approximate surface area is 199 Å². The van der Waals surface area contributed by atoms with Gasteiger partial charge < -0.3 is 15.5 Å². The van der Waals surface area contributed by atoms with Crippen molar-refractivity contribution < 1.29 is 8.42 Å². The molecule has 2 rings (SSSR count). The lowest BCUT2D eigenvalue weighted by Crippen LogP contribution is -2.39. The van der Waals surface area contributed by atoms with Crippen LogP contribution in [0.3, 0.4) is 0 Å². The fraction of sp³-hybridized carbons (Fsp3) is 0.667. The molecular formula is C21H38IN5O2S. The Morgan fingerprint density at radius 3 is 2.27 bits per heavy atom. The van der Waals surface area contributed by atoms with Crippen LogP contribution in [0.15, 0.2) is 34.2 Å². The number of rotatable bonds is 9. The number of guanidine groups is 1. The molecule has 0 radical (unpaired) electrons. The van der Waals surface area contributed by atoms with E-state index in [1.807, 2.05) is 12.1 Å². The summed E-state index contributed by atoms with van der Waals surface area (Å²) in [6.07, 6.45) is 6.49. The smallest absolute Gasteiger partial charge is 0.242 e. The van der Waals surface area contributed by atoms with Gasteiger partial charge in [-0.15, -0.1) is 24.0 Å². The number of hydrogen-bond acceptors (Lipinski definition) is 4. The van der Waals surface area contributed by atoms with E-state index in [1.165, 1.54) is 57.2 Å². The first kappa shape index (κ1) is 27.1. The van der Waals surface area contributed by atoms with Gasteiger partial charge in [0.25, 0.3) is 0 Å². The molecule has 172 valence electrons. The molecule has 1 aromatic rings. The van der Waals surface area contributed by atoms with Crippen molar-refractivity contribution in [1.82, 2.24) is 19.8 Å². The lowest BCUT2D eigenvalue weighted by Gasteiger charge is -2.20. The number of likely N-dealkylation sites (tertiary alicyclic amines) is 1. The molecule has 1 fully saturated rings. The van der Waals surface area contributed by atoms with Gasteiger partial charge in [-0.1, -0.05) is 25.0 Å². The molecule has 0 bridgehead atoms. The average Bonchev–Trinajstić information content (AvgIpc) is 2.98. The fourth-order valence-electron chi connectivity index (χ4n) is 3.36. The summed E-state index contributed by atoms with van der Waals surface area (Å²) in [6, 6.07) is 6.93. The predicted molar refractivity (Wildman–Crippen MR) is 135 cm³/mol. The molecule has 1 aliphatic heterocycles. The Bertz CT molecular complexity index is 730. The third kappa shape index (κ3) is 9.07. The molecule has 30 heavy (non-hydrogen) atoms. The zero-order valence-electron chi connectivity index (χ0n) is 18.6. The molecular weight excluding hydrogens is 513 g/mol. The van der Waals surface area contributed by atoms with Crippen LogP contribution in [0.2, 0.25) is 0 Å².